The van der Waals surface area contributed by atoms with Gasteiger partial charge >= 0.3 is 6.18 Å². The molecular weight excluding hydrogens is 229 g/mol. The first kappa shape index (κ1) is 11.6. The number of rotatable bonds is 1. The van der Waals surface area contributed by atoms with Crippen molar-refractivity contribution in [2.75, 3.05) is 0 Å². The van der Waals surface area contributed by atoms with Gasteiger partial charge in [-0.15, -0.1) is 0 Å². The van der Waals surface area contributed by atoms with Gasteiger partial charge in [-0.3, -0.25) is 0 Å². The van der Waals surface area contributed by atoms with Gasteiger partial charge in [-0.2, -0.15) is 13.2 Å². The summed E-state index contributed by atoms with van der Waals surface area (Å²) >= 11 is 0. The fourth-order valence-electron chi connectivity index (χ4n) is 1.56. The summed E-state index contributed by atoms with van der Waals surface area (Å²) in [4.78, 5) is 7.57. The number of alkyl halides is 3. The van der Waals surface area contributed by atoms with Crippen molar-refractivity contribution in [2.45, 2.75) is 13.1 Å². The van der Waals surface area contributed by atoms with Gasteiger partial charge in [-0.05, 0) is 24.1 Å². The smallest absolute Gasteiger partial charge is 0.244 e. The van der Waals surface area contributed by atoms with Gasteiger partial charge in [0.05, 0.1) is 5.56 Å². The minimum absolute atomic E-state index is 0.207. The second-order valence-electron chi connectivity index (χ2n) is 3.65. The SMILES string of the molecule is Cc1ccc(-c2cncnc2)cc1C(F)(F)F. The van der Waals surface area contributed by atoms with Crippen LogP contribution in [0, 0.1) is 6.92 Å². The molecule has 0 N–H and O–H groups in total. The maximum atomic E-state index is 12.7. The Morgan fingerprint density at radius 2 is 1.65 bits per heavy atom. The topological polar surface area (TPSA) is 25.8 Å². The first-order valence-electron chi connectivity index (χ1n) is 4.92. The summed E-state index contributed by atoms with van der Waals surface area (Å²) in [5.41, 5.74) is 0.610. The van der Waals surface area contributed by atoms with E-state index in [1.807, 2.05) is 0 Å². The Morgan fingerprint density at radius 3 is 2.24 bits per heavy atom. The number of benzene rings is 1. The summed E-state index contributed by atoms with van der Waals surface area (Å²) in [7, 11) is 0. The Balaban J connectivity index is 2.53. The minimum Gasteiger partial charge on any atom is -0.244 e. The molecule has 2 aromatic rings. The van der Waals surface area contributed by atoms with Gasteiger partial charge in [0.15, 0.2) is 0 Å². The molecule has 88 valence electrons. The first-order chi connectivity index (χ1) is 7.98. The number of aryl methyl sites for hydroxylation is 1. The van der Waals surface area contributed by atoms with Crippen LogP contribution in [0.1, 0.15) is 11.1 Å². The van der Waals surface area contributed by atoms with Gasteiger partial charge in [-0.1, -0.05) is 12.1 Å². The van der Waals surface area contributed by atoms with E-state index in [4.69, 9.17) is 0 Å². The van der Waals surface area contributed by atoms with Crippen LogP contribution in [0.2, 0.25) is 0 Å². The van der Waals surface area contributed by atoms with Crippen molar-refractivity contribution in [1.82, 2.24) is 9.97 Å². The van der Waals surface area contributed by atoms with Crippen LogP contribution in [0.5, 0.6) is 0 Å². The highest BCUT2D eigenvalue weighted by atomic mass is 19.4. The lowest BCUT2D eigenvalue weighted by molar-refractivity contribution is -0.138. The summed E-state index contributed by atoms with van der Waals surface area (Å²) in [5, 5.41) is 0. The molecule has 2 rings (SSSR count). The number of halogens is 3. The highest BCUT2D eigenvalue weighted by molar-refractivity contribution is 5.63. The van der Waals surface area contributed by atoms with Crippen LogP contribution in [0.3, 0.4) is 0 Å². The molecule has 0 spiro atoms. The fourth-order valence-corrected chi connectivity index (χ4v) is 1.56. The molecular formula is C12H9F3N2. The lowest BCUT2D eigenvalue weighted by Gasteiger charge is -2.11. The molecule has 0 saturated carbocycles. The molecule has 0 amide bonds. The minimum atomic E-state index is -4.34. The Bertz CT molecular complexity index is 521. The van der Waals surface area contributed by atoms with E-state index in [2.05, 4.69) is 9.97 Å². The Hall–Kier alpha value is -1.91. The summed E-state index contributed by atoms with van der Waals surface area (Å²) in [6.07, 6.45) is -0.0340. The quantitative estimate of drug-likeness (QED) is 0.760. The molecule has 0 aliphatic rings. The number of nitrogens with zero attached hydrogens (tertiary/aromatic N) is 2. The molecule has 0 aliphatic heterocycles. The van der Waals surface area contributed by atoms with Crippen LogP contribution in [-0.4, -0.2) is 9.97 Å². The molecule has 0 radical (unpaired) electrons. The first-order valence-corrected chi connectivity index (χ1v) is 4.92. The average molecular weight is 238 g/mol. The van der Waals surface area contributed by atoms with E-state index in [1.165, 1.54) is 31.7 Å². The van der Waals surface area contributed by atoms with E-state index in [0.29, 0.717) is 11.1 Å². The van der Waals surface area contributed by atoms with Crippen molar-refractivity contribution in [3.05, 3.63) is 48.0 Å². The highest BCUT2D eigenvalue weighted by Gasteiger charge is 2.32. The van der Waals surface area contributed by atoms with E-state index >= 15 is 0 Å². The third-order valence-electron chi connectivity index (χ3n) is 2.44. The Morgan fingerprint density at radius 1 is 1.00 bits per heavy atom. The number of hydrogen-bond acceptors (Lipinski definition) is 2. The van der Waals surface area contributed by atoms with Gasteiger partial charge in [0.1, 0.15) is 6.33 Å². The fraction of sp³-hybridized carbons (Fsp3) is 0.167. The number of aromatic nitrogens is 2. The second kappa shape index (κ2) is 4.16. The zero-order chi connectivity index (χ0) is 12.5. The highest BCUT2D eigenvalue weighted by Crippen LogP contribution is 2.34. The molecule has 1 aromatic carbocycles. The van der Waals surface area contributed by atoms with Gasteiger partial charge < -0.3 is 0 Å². The molecule has 1 aromatic heterocycles. The van der Waals surface area contributed by atoms with Crippen molar-refractivity contribution in [3.63, 3.8) is 0 Å². The van der Waals surface area contributed by atoms with Gasteiger partial charge in [0, 0.05) is 18.0 Å². The Kier molecular flexibility index (Phi) is 2.83. The zero-order valence-corrected chi connectivity index (χ0v) is 8.99. The summed E-state index contributed by atoms with van der Waals surface area (Å²) in [6.45, 7) is 1.44. The second-order valence-corrected chi connectivity index (χ2v) is 3.65. The third kappa shape index (κ3) is 2.43. The zero-order valence-electron chi connectivity index (χ0n) is 8.99. The van der Waals surface area contributed by atoms with E-state index in [9.17, 15) is 13.2 Å². The standard InChI is InChI=1S/C12H9F3N2/c1-8-2-3-9(4-11(8)12(13,14)15)10-5-16-7-17-6-10/h2-7H,1H3. The Labute approximate surface area is 96.2 Å². The molecule has 1 heterocycles. The lowest BCUT2D eigenvalue weighted by Crippen LogP contribution is -2.07. The molecule has 0 aliphatic carbocycles. The summed E-state index contributed by atoms with van der Waals surface area (Å²) in [6, 6.07) is 4.20. The molecule has 17 heavy (non-hydrogen) atoms. The molecule has 0 saturated heterocycles. The molecule has 0 fully saturated rings. The van der Waals surface area contributed by atoms with E-state index < -0.39 is 11.7 Å². The van der Waals surface area contributed by atoms with Crippen LogP contribution in [0.15, 0.2) is 36.9 Å². The maximum Gasteiger partial charge on any atom is 0.416 e. The van der Waals surface area contributed by atoms with Crippen molar-refractivity contribution in [3.8, 4) is 11.1 Å². The van der Waals surface area contributed by atoms with Crippen LogP contribution in [0.25, 0.3) is 11.1 Å². The van der Waals surface area contributed by atoms with E-state index in [-0.39, 0.29) is 5.56 Å². The predicted molar refractivity (Wildman–Crippen MR) is 57.2 cm³/mol. The van der Waals surface area contributed by atoms with Gasteiger partial charge in [0.2, 0.25) is 0 Å². The monoisotopic (exact) mass is 238 g/mol. The summed E-state index contributed by atoms with van der Waals surface area (Å²) in [5.74, 6) is 0. The van der Waals surface area contributed by atoms with Gasteiger partial charge in [-0.25, -0.2) is 9.97 Å². The molecule has 0 unspecified atom stereocenters. The maximum absolute atomic E-state index is 12.7. The molecule has 2 nitrogen and oxygen atoms in total. The van der Waals surface area contributed by atoms with Gasteiger partial charge in [0.25, 0.3) is 0 Å². The summed E-state index contributed by atoms with van der Waals surface area (Å²) < 4.78 is 38.1. The predicted octanol–water partition coefficient (Wildman–Crippen LogP) is 3.47. The molecule has 0 atom stereocenters. The third-order valence-corrected chi connectivity index (χ3v) is 2.44. The van der Waals surface area contributed by atoms with Crippen LogP contribution in [-0.2, 0) is 6.18 Å². The van der Waals surface area contributed by atoms with Crippen molar-refractivity contribution in [2.24, 2.45) is 0 Å². The van der Waals surface area contributed by atoms with Crippen molar-refractivity contribution >= 4 is 0 Å². The van der Waals surface area contributed by atoms with E-state index in [1.54, 1.807) is 6.07 Å². The normalized spacial score (nSPS) is 11.5. The van der Waals surface area contributed by atoms with Crippen molar-refractivity contribution in [1.29, 1.82) is 0 Å². The molecule has 0 bridgehead atoms. The molecule has 5 heteroatoms. The largest absolute Gasteiger partial charge is 0.416 e. The average Bonchev–Trinajstić information content (AvgIpc) is 2.29. The van der Waals surface area contributed by atoms with Crippen molar-refractivity contribution < 1.29 is 13.2 Å². The number of hydrogen-bond donors (Lipinski definition) is 0. The lowest BCUT2D eigenvalue weighted by atomic mass is 10.0. The van der Waals surface area contributed by atoms with Crippen LogP contribution >= 0.6 is 0 Å². The van der Waals surface area contributed by atoms with Crippen LogP contribution < -0.4 is 0 Å². The van der Waals surface area contributed by atoms with E-state index in [0.717, 1.165) is 6.07 Å². The van der Waals surface area contributed by atoms with Crippen LogP contribution in [0.4, 0.5) is 13.2 Å².